The van der Waals surface area contributed by atoms with Gasteiger partial charge in [0.25, 0.3) is 0 Å². The summed E-state index contributed by atoms with van der Waals surface area (Å²) in [6, 6.07) is 12.2. The second-order valence-corrected chi connectivity index (χ2v) is 23.7. The van der Waals surface area contributed by atoms with Crippen molar-refractivity contribution in [2.45, 2.75) is 96.8 Å². The summed E-state index contributed by atoms with van der Waals surface area (Å²) in [7, 11) is 0. The van der Waals surface area contributed by atoms with Crippen LogP contribution in [0.15, 0.2) is 95.0 Å². The minimum Gasteiger partial charge on any atom is -0.444 e. The minimum absolute atomic E-state index is 0.0153. The van der Waals surface area contributed by atoms with Gasteiger partial charge in [-0.15, -0.1) is 22.7 Å². The maximum atomic E-state index is 13.1. The molecule has 0 radical (unpaired) electrons. The van der Waals surface area contributed by atoms with E-state index in [4.69, 9.17) is 4.74 Å². The number of hydrogen-bond donors (Lipinski definition) is 2. The molecule has 2 saturated heterocycles. The molecule has 15 nitrogen and oxygen atoms in total. The van der Waals surface area contributed by atoms with E-state index in [1.807, 2.05) is 43.9 Å². The molecule has 2 spiro atoms. The number of aromatic nitrogens is 2. The molecule has 6 amide bonds. The van der Waals surface area contributed by atoms with Crippen molar-refractivity contribution >= 4 is 82.1 Å². The van der Waals surface area contributed by atoms with E-state index >= 15 is 0 Å². The second kappa shape index (κ2) is 23.0. The van der Waals surface area contributed by atoms with Gasteiger partial charge in [-0.25, -0.2) is 14.8 Å². The average Bonchev–Trinajstić information content (AvgIpc) is 4.15. The zero-order valence-electron chi connectivity index (χ0n) is 43.5. The quantitative estimate of drug-likeness (QED) is 0.129. The van der Waals surface area contributed by atoms with Crippen LogP contribution >= 0.6 is 22.7 Å². The molecule has 0 saturated carbocycles. The number of likely N-dealkylation sites (tertiary alicyclic amines) is 2. The Morgan fingerprint density at radius 1 is 0.662 bits per heavy atom. The van der Waals surface area contributed by atoms with Crippen LogP contribution in [-0.2, 0) is 54.4 Å². The fraction of sp³-hybridized carbons (Fsp3) is 0.439. The van der Waals surface area contributed by atoms with Crippen LogP contribution in [0.2, 0.25) is 0 Å². The molecule has 0 aromatic carbocycles. The molecule has 6 aliphatic heterocycles. The highest BCUT2D eigenvalue weighted by Gasteiger charge is 2.50. The molecule has 4 aromatic heterocycles. The number of halogens is 3. The molecule has 10 heterocycles. The number of anilines is 2. The van der Waals surface area contributed by atoms with Gasteiger partial charge in [-0.3, -0.25) is 24.0 Å². The number of piperidine rings is 2. The van der Waals surface area contributed by atoms with Gasteiger partial charge in [0.2, 0.25) is 23.6 Å². The molecule has 4 aromatic rings. The Labute approximate surface area is 453 Å². The summed E-state index contributed by atoms with van der Waals surface area (Å²) in [5.74, 6) is -1.32. The van der Waals surface area contributed by atoms with Crippen LogP contribution in [-0.4, -0.2) is 129 Å². The lowest BCUT2D eigenvalue weighted by atomic mass is 9.71. The van der Waals surface area contributed by atoms with E-state index in [0.717, 1.165) is 53.8 Å². The monoisotopic (exact) mass is 1090 g/mol. The van der Waals surface area contributed by atoms with Gasteiger partial charge in [0.05, 0.1) is 10.8 Å². The van der Waals surface area contributed by atoms with E-state index in [2.05, 4.69) is 61.7 Å². The third-order valence-corrected chi connectivity index (χ3v) is 16.9. The van der Waals surface area contributed by atoms with Crippen molar-refractivity contribution in [3.8, 4) is 0 Å². The van der Waals surface area contributed by atoms with Gasteiger partial charge < -0.3 is 35.0 Å². The summed E-state index contributed by atoms with van der Waals surface area (Å²) >= 11 is 3.50. The SMILES string of the molecule is CC(C)(C)OC(=O)N1CCC2(CC1)Cc1cc(/C=C/C(=O)N3CC=C(Cc4cccs4)CC3)cnc1NC2=O.O=C(/C=C/c1cnc2c(c1)CC1(CCN(C(=O)C(F)(F)F)CC1)C(=O)N2)N1CC=C(Cc2cccs2)CC1. The number of pyridine rings is 2. The molecule has 0 unspecified atom stereocenters. The van der Waals surface area contributed by atoms with Gasteiger partial charge >= 0.3 is 18.2 Å². The molecule has 0 atom stereocenters. The van der Waals surface area contributed by atoms with Crippen molar-refractivity contribution in [2.75, 3.05) is 63.0 Å². The Morgan fingerprint density at radius 3 is 1.48 bits per heavy atom. The van der Waals surface area contributed by atoms with Gasteiger partial charge in [0.1, 0.15) is 17.2 Å². The zero-order chi connectivity index (χ0) is 54.5. The molecule has 6 aliphatic rings. The standard InChI is InChI=1S/C30H36N4O4S.C27H27F3N4O3S/c1-29(2,3)38-28(37)34-14-10-30(11-15-34)19-23-17-22(20-31-26(23)32-27(30)36)6-7-25(35)33-12-8-21(9-13-33)18-24-5-4-16-39-24;28-27(29,30)25(37)34-11-7-26(8-12-34)16-20-14-19(17-31-23(20)32-24(26)36)3-4-22(35)33-9-5-18(6-10-33)15-21-2-1-13-38-21/h4-8,16-17,20H,9-15,18-19H2,1-3H3,(H,31,32,36);1-5,13-14,17H,6-12,15-16H2,(H,31,32,36)/b7-6+;4-3+. The summed E-state index contributed by atoms with van der Waals surface area (Å²) < 4.78 is 43.9. The van der Waals surface area contributed by atoms with Crippen molar-refractivity contribution in [2.24, 2.45) is 10.8 Å². The number of carbonyl (C=O) groups excluding carboxylic acids is 6. The third kappa shape index (κ3) is 13.4. The lowest BCUT2D eigenvalue weighted by Crippen LogP contribution is -2.53. The summed E-state index contributed by atoms with van der Waals surface area (Å²) in [5, 5.41) is 9.91. The smallest absolute Gasteiger partial charge is 0.444 e. The van der Waals surface area contributed by atoms with Crippen molar-refractivity contribution in [1.29, 1.82) is 0 Å². The topological polar surface area (TPSA) is 174 Å². The lowest BCUT2D eigenvalue weighted by Gasteiger charge is -2.43. The largest absolute Gasteiger partial charge is 0.471 e. The molecule has 20 heteroatoms. The second-order valence-electron chi connectivity index (χ2n) is 21.6. The molecule has 0 aliphatic carbocycles. The molecule has 10 rings (SSSR count). The molecular formula is C57H63F3N8O7S2. The maximum Gasteiger partial charge on any atom is 0.471 e. The number of ether oxygens (including phenoxy) is 1. The summed E-state index contributed by atoms with van der Waals surface area (Å²) in [6.45, 7) is 8.78. The van der Waals surface area contributed by atoms with Crippen LogP contribution in [0.5, 0.6) is 0 Å². The van der Waals surface area contributed by atoms with E-state index in [9.17, 15) is 41.9 Å². The first-order valence-corrected chi connectivity index (χ1v) is 27.8. The highest BCUT2D eigenvalue weighted by molar-refractivity contribution is 7.10. The molecular weight excluding hydrogens is 1030 g/mol. The zero-order valence-corrected chi connectivity index (χ0v) is 45.1. The van der Waals surface area contributed by atoms with E-state index < -0.39 is 28.5 Å². The molecule has 77 heavy (non-hydrogen) atoms. The number of hydrogen-bond acceptors (Lipinski definition) is 11. The Morgan fingerprint density at radius 2 is 1.10 bits per heavy atom. The summed E-state index contributed by atoms with van der Waals surface area (Å²) in [6.07, 6.45) is 14.8. The van der Waals surface area contributed by atoms with E-state index in [1.165, 1.54) is 27.0 Å². The predicted octanol–water partition coefficient (Wildman–Crippen LogP) is 9.29. The van der Waals surface area contributed by atoms with Crippen LogP contribution in [0, 0.1) is 10.8 Å². The molecule has 0 bridgehead atoms. The molecule has 2 fully saturated rings. The van der Waals surface area contributed by atoms with Crippen LogP contribution in [0.3, 0.4) is 0 Å². The minimum atomic E-state index is -4.93. The van der Waals surface area contributed by atoms with Crippen LogP contribution < -0.4 is 10.6 Å². The molecule has 2 N–H and O–H groups in total. The number of fused-ring (bicyclic) bond motifs is 2. The van der Waals surface area contributed by atoms with Crippen LogP contribution in [0.25, 0.3) is 12.2 Å². The van der Waals surface area contributed by atoms with E-state index in [1.54, 1.807) is 63.1 Å². The number of amides is 6. The van der Waals surface area contributed by atoms with Gasteiger partial charge in [-0.1, -0.05) is 35.4 Å². The van der Waals surface area contributed by atoms with Gasteiger partial charge in [0, 0.05) is 99.5 Å². The Balaban J connectivity index is 0.000000188. The van der Waals surface area contributed by atoms with Crippen molar-refractivity contribution in [3.63, 3.8) is 0 Å². The van der Waals surface area contributed by atoms with E-state index in [0.29, 0.717) is 75.6 Å². The Kier molecular flexibility index (Phi) is 16.4. The highest BCUT2D eigenvalue weighted by atomic mass is 32.1. The number of thiophene rings is 2. The lowest BCUT2D eigenvalue weighted by molar-refractivity contribution is -0.187. The molecule has 406 valence electrons. The highest BCUT2D eigenvalue weighted by Crippen LogP contribution is 2.43. The maximum absolute atomic E-state index is 13.1. The predicted molar refractivity (Wildman–Crippen MR) is 290 cm³/mol. The van der Waals surface area contributed by atoms with Gasteiger partial charge in [0.15, 0.2) is 0 Å². The van der Waals surface area contributed by atoms with E-state index in [-0.39, 0.29) is 55.7 Å². The first-order valence-electron chi connectivity index (χ1n) is 26.0. The number of alkyl halides is 3. The first kappa shape index (κ1) is 54.8. The third-order valence-electron chi connectivity index (χ3n) is 15.1. The van der Waals surface area contributed by atoms with Gasteiger partial charge in [-0.05, 0) is 142 Å². The van der Waals surface area contributed by atoms with Gasteiger partial charge in [-0.2, -0.15) is 13.2 Å². The van der Waals surface area contributed by atoms with Crippen molar-refractivity contribution in [1.82, 2.24) is 29.6 Å². The normalized spacial score (nSPS) is 19.2. The summed E-state index contributed by atoms with van der Waals surface area (Å²) in [5.41, 5.74) is 3.93. The Hall–Kier alpha value is -6.93. The first-order chi connectivity index (χ1) is 36.7. The number of carbonyl (C=O) groups is 6. The fourth-order valence-corrected chi connectivity index (χ4v) is 12.2. The van der Waals surface area contributed by atoms with Crippen LogP contribution in [0.4, 0.5) is 29.6 Å². The van der Waals surface area contributed by atoms with Crippen molar-refractivity contribution in [3.05, 3.63) is 127 Å². The Bertz CT molecular complexity index is 3000. The summed E-state index contributed by atoms with van der Waals surface area (Å²) in [4.78, 5) is 93.1. The average molecular weight is 1090 g/mol. The van der Waals surface area contributed by atoms with Crippen LogP contribution in [0.1, 0.15) is 91.3 Å². The number of nitrogens with zero attached hydrogens (tertiary/aromatic N) is 6. The fourth-order valence-electron chi connectivity index (χ4n) is 10.6. The number of nitrogens with one attached hydrogen (secondary N) is 2. The van der Waals surface area contributed by atoms with Crippen molar-refractivity contribution < 1.29 is 46.7 Å². The number of rotatable bonds is 8.